The van der Waals surface area contributed by atoms with E-state index in [0.29, 0.717) is 0 Å². The molecule has 0 atom stereocenters. The molecule has 0 bridgehead atoms. The quantitative estimate of drug-likeness (QED) is 0.177. The average molecular weight is 635 g/mol. The number of benzene rings is 6. The Labute approximate surface area is 292 Å². The first-order valence-corrected chi connectivity index (χ1v) is 18.1. The second-order valence-corrected chi connectivity index (χ2v) is 17.4. The summed E-state index contributed by atoms with van der Waals surface area (Å²) in [4.78, 5) is 0. The molecule has 0 aliphatic heterocycles. The largest absolute Gasteiger partial charge is 0.0725 e. The highest BCUT2D eigenvalue weighted by Crippen LogP contribution is 2.63. The number of hydrogen-bond donors (Lipinski definition) is 0. The lowest BCUT2D eigenvalue weighted by Gasteiger charge is -2.33. The third kappa shape index (κ3) is 4.10. The lowest BCUT2D eigenvalue weighted by Crippen LogP contribution is -2.27. The van der Waals surface area contributed by atoms with E-state index in [1.54, 1.807) is 0 Å². The van der Waals surface area contributed by atoms with Gasteiger partial charge in [-0.3, -0.25) is 0 Å². The van der Waals surface area contributed by atoms with Gasteiger partial charge in [0.15, 0.2) is 0 Å². The summed E-state index contributed by atoms with van der Waals surface area (Å²) in [5, 5.41) is 0. The van der Waals surface area contributed by atoms with Gasteiger partial charge in [0, 0.05) is 5.41 Å². The van der Waals surface area contributed by atoms with Gasteiger partial charge in [-0.15, -0.1) is 0 Å². The van der Waals surface area contributed by atoms with Gasteiger partial charge in [0.25, 0.3) is 0 Å². The maximum Gasteiger partial charge on any atom is 0.0725 e. The van der Waals surface area contributed by atoms with Gasteiger partial charge < -0.3 is 0 Å². The molecule has 0 radical (unpaired) electrons. The summed E-state index contributed by atoms with van der Waals surface area (Å²) in [6, 6.07) is 47.3. The summed E-state index contributed by atoms with van der Waals surface area (Å²) in [5.74, 6) is 0. The predicted octanol–water partition coefficient (Wildman–Crippen LogP) is 12.5. The van der Waals surface area contributed by atoms with Crippen molar-refractivity contribution in [3.8, 4) is 33.4 Å². The van der Waals surface area contributed by atoms with Crippen molar-refractivity contribution in [3.63, 3.8) is 0 Å². The number of rotatable bonds is 2. The SMILES string of the molecule is CC(C)(C)c1ccc2c(c1)C1(c3ccccc3-c3ccc(Cc4cccc5c4-c4ccccc4C5(C)C)cc31)c1cc(C(C)(C)C)ccc1-2. The first kappa shape index (κ1) is 30.4. The molecule has 0 heterocycles. The van der Waals surface area contributed by atoms with E-state index < -0.39 is 0 Å². The third-order valence-electron chi connectivity index (χ3n) is 12.1. The first-order valence-electron chi connectivity index (χ1n) is 18.1. The molecule has 0 heteroatoms. The monoisotopic (exact) mass is 634 g/mol. The van der Waals surface area contributed by atoms with Crippen molar-refractivity contribution in [1.82, 2.24) is 0 Å². The molecule has 3 aliphatic rings. The van der Waals surface area contributed by atoms with Crippen molar-refractivity contribution >= 4 is 0 Å². The van der Waals surface area contributed by atoms with E-state index in [0.717, 1.165) is 6.42 Å². The molecule has 6 aromatic carbocycles. The molecule has 0 nitrogen and oxygen atoms in total. The first-order chi connectivity index (χ1) is 23.3. The highest BCUT2D eigenvalue weighted by molar-refractivity contribution is 5.95. The molecular weight excluding hydrogens is 589 g/mol. The maximum absolute atomic E-state index is 2.58. The fraction of sp³-hybridized carbons (Fsp3) is 0.265. The number of fused-ring (bicyclic) bond motifs is 13. The summed E-state index contributed by atoms with van der Waals surface area (Å²) >= 11 is 0. The van der Waals surface area contributed by atoms with Gasteiger partial charge in [0.1, 0.15) is 0 Å². The van der Waals surface area contributed by atoms with Gasteiger partial charge in [0.05, 0.1) is 5.41 Å². The molecule has 0 unspecified atom stereocenters. The lowest BCUT2D eigenvalue weighted by molar-refractivity contribution is 0.586. The molecule has 3 aliphatic carbocycles. The van der Waals surface area contributed by atoms with Crippen molar-refractivity contribution in [2.45, 2.75) is 83.5 Å². The zero-order valence-corrected chi connectivity index (χ0v) is 30.3. The van der Waals surface area contributed by atoms with E-state index in [-0.39, 0.29) is 21.7 Å². The minimum atomic E-state index is -0.373. The van der Waals surface area contributed by atoms with Gasteiger partial charge in [-0.1, -0.05) is 177 Å². The Morgan fingerprint density at radius 3 is 1.53 bits per heavy atom. The van der Waals surface area contributed by atoms with Crippen molar-refractivity contribution < 1.29 is 0 Å². The fourth-order valence-electron chi connectivity index (χ4n) is 9.47. The second kappa shape index (κ2) is 9.95. The van der Waals surface area contributed by atoms with Crippen LogP contribution in [0, 0.1) is 0 Å². The summed E-state index contributed by atoms with van der Waals surface area (Å²) in [7, 11) is 0. The number of hydrogen-bond acceptors (Lipinski definition) is 0. The molecule has 0 saturated heterocycles. The normalized spacial score (nSPS) is 15.8. The molecule has 0 fully saturated rings. The molecule has 1 spiro atoms. The van der Waals surface area contributed by atoms with Crippen LogP contribution in [0.5, 0.6) is 0 Å². The summed E-state index contributed by atoms with van der Waals surface area (Å²) in [5.41, 5.74) is 22.2. The molecule has 9 rings (SSSR count). The smallest absolute Gasteiger partial charge is 0.0619 e. The van der Waals surface area contributed by atoms with E-state index in [2.05, 4.69) is 177 Å². The minimum Gasteiger partial charge on any atom is -0.0619 e. The van der Waals surface area contributed by atoms with Gasteiger partial charge in [-0.2, -0.15) is 0 Å². The molecule has 0 saturated carbocycles. The van der Waals surface area contributed by atoms with Crippen LogP contribution < -0.4 is 0 Å². The Kier molecular flexibility index (Phi) is 6.17. The molecule has 0 aromatic heterocycles. The maximum atomic E-state index is 2.58. The van der Waals surface area contributed by atoms with Gasteiger partial charge in [-0.25, -0.2) is 0 Å². The van der Waals surface area contributed by atoms with Crippen LogP contribution >= 0.6 is 0 Å². The van der Waals surface area contributed by atoms with E-state index in [1.165, 1.54) is 89.0 Å². The van der Waals surface area contributed by atoms with Crippen LogP contribution in [0.1, 0.15) is 111 Å². The Hall–Kier alpha value is -4.68. The predicted molar refractivity (Wildman–Crippen MR) is 207 cm³/mol. The van der Waals surface area contributed by atoms with E-state index in [9.17, 15) is 0 Å². The van der Waals surface area contributed by atoms with Crippen LogP contribution in [0.3, 0.4) is 0 Å². The van der Waals surface area contributed by atoms with Crippen molar-refractivity contribution in [2.75, 3.05) is 0 Å². The van der Waals surface area contributed by atoms with Crippen LogP contribution in [0.25, 0.3) is 33.4 Å². The van der Waals surface area contributed by atoms with Crippen molar-refractivity contribution in [3.05, 3.63) is 177 Å². The lowest BCUT2D eigenvalue weighted by atomic mass is 9.68. The summed E-state index contributed by atoms with van der Waals surface area (Å²) < 4.78 is 0. The molecule has 6 aromatic rings. The van der Waals surface area contributed by atoms with E-state index in [1.807, 2.05) is 0 Å². The molecule has 242 valence electrons. The average Bonchev–Trinajstić information content (AvgIpc) is 3.62. The molecular formula is C49H46. The van der Waals surface area contributed by atoms with Crippen LogP contribution in [0.4, 0.5) is 0 Å². The molecule has 0 amide bonds. The van der Waals surface area contributed by atoms with Crippen molar-refractivity contribution in [1.29, 1.82) is 0 Å². The third-order valence-corrected chi connectivity index (χ3v) is 12.1. The minimum absolute atomic E-state index is 0.00162. The van der Waals surface area contributed by atoms with Crippen molar-refractivity contribution in [2.24, 2.45) is 0 Å². The van der Waals surface area contributed by atoms with Gasteiger partial charge >= 0.3 is 0 Å². The highest BCUT2D eigenvalue weighted by Gasteiger charge is 2.52. The topological polar surface area (TPSA) is 0 Å². The summed E-state index contributed by atoms with van der Waals surface area (Å²) in [6.45, 7) is 18.8. The Morgan fingerprint density at radius 2 is 0.918 bits per heavy atom. The Morgan fingerprint density at radius 1 is 0.429 bits per heavy atom. The molecule has 0 N–H and O–H groups in total. The highest BCUT2D eigenvalue weighted by atomic mass is 14.5. The van der Waals surface area contributed by atoms with Crippen LogP contribution in [-0.4, -0.2) is 0 Å². The van der Waals surface area contributed by atoms with Crippen LogP contribution in [0.15, 0.2) is 121 Å². The van der Waals surface area contributed by atoms with Gasteiger partial charge in [0.2, 0.25) is 0 Å². The van der Waals surface area contributed by atoms with Crippen LogP contribution in [0.2, 0.25) is 0 Å². The van der Waals surface area contributed by atoms with E-state index >= 15 is 0 Å². The Bertz CT molecular complexity index is 2280. The standard InChI is InChI=1S/C49H46/c1-46(2,3)32-21-24-36-37-25-22-33(47(4,5)6)29-44(37)49(43(36)28-32)40-18-12-9-15-34(40)35-23-20-30(27-42(35)49)26-31-14-13-19-41-45(31)38-16-10-11-17-39(38)48(41,7)8/h9-25,27-29H,26H2,1-8H3. The second-order valence-electron chi connectivity index (χ2n) is 17.4. The van der Waals surface area contributed by atoms with Crippen LogP contribution in [-0.2, 0) is 28.1 Å². The fourth-order valence-corrected chi connectivity index (χ4v) is 9.47. The molecule has 49 heavy (non-hydrogen) atoms. The van der Waals surface area contributed by atoms with Gasteiger partial charge in [-0.05, 0) is 106 Å². The zero-order valence-electron chi connectivity index (χ0n) is 30.3. The summed E-state index contributed by atoms with van der Waals surface area (Å²) in [6.07, 6.45) is 0.900. The zero-order chi connectivity index (χ0) is 34.1. The Balaban J connectivity index is 1.31. The van der Waals surface area contributed by atoms with E-state index in [4.69, 9.17) is 0 Å².